The zero-order valence-corrected chi connectivity index (χ0v) is 21.1. The second-order valence-corrected chi connectivity index (χ2v) is 9.60. The van der Waals surface area contributed by atoms with Gasteiger partial charge in [0.15, 0.2) is 5.65 Å². The molecular formula is C27H29F2N7O2. The molecule has 2 fully saturated rings. The number of hydrogen-bond acceptors (Lipinski definition) is 6. The molecule has 1 N–H and O–H groups in total. The van der Waals surface area contributed by atoms with E-state index in [1.807, 2.05) is 17.2 Å². The summed E-state index contributed by atoms with van der Waals surface area (Å²) in [5, 5.41) is 11.8. The lowest BCUT2D eigenvalue weighted by Gasteiger charge is -2.34. The highest BCUT2D eigenvalue weighted by molar-refractivity contribution is 6.00. The number of benzene rings is 1. The van der Waals surface area contributed by atoms with Crippen LogP contribution in [0.5, 0.6) is 5.75 Å². The predicted octanol–water partition coefficient (Wildman–Crippen LogP) is 5.23. The molecule has 0 spiro atoms. The lowest BCUT2D eigenvalue weighted by Crippen LogP contribution is -2.38. The largest absolute Gasteiger partial charge is 0.434 e. The third kappa shape index (κ3) is 4.74. The summed E-state index contributed by atoms with van der Waals surface area (Å²) in [7, 11) is 0. The van der Waals surface area contributed by atoms with E-state index < -0.39 is 6.61 Å². The first-order chi connectivity index (χ1) is 18.5. The SMILES string of the molecule is C#N.Cc1cn2nc(C3CCCCN3C(=O)c3cc4c(OC(F)F)cccc4[nH]3)cc2nc1N1CCCC1. The minimum Gasteiger partial charge on any atom is -0.434 e. The number of aromatic amines is 1. The van der Waals surface area contributed by atoms with Crippen molar-refractivity contribution in [3.63, 3.8) is 0 Å². The van der Waals surface area contributed by atoms with Crippen LogP contribution in [0.1, 0.15) is 59.9 Å². The Labute approximate surface area is 218 Å². The van der Waals surface area contributed by atoms with Gasteiger partial charge in [0.25, 0.3) is 5.91 Å². The number of rotatable bonds is 5. The van der Waals surface area contributed by atoms with E-state index in [2.05, 4.69) is 28.1 Å². The molecule has 5 heterocycles. The number of nitriles is 1. The molecule has 2 aliphatic heterocycles. The number of fused-ring (bicyclic) bond motifs is 2. The summed E-state index contributed by atoms with van der Waals surface area (Å²) in [6.07, 6.45) is 7.06. The number of aryl methyl sites for hydroxylation is 1. The molecule has 38 heavy (non-hydrogen) atoms. The topological polar surface area (TPSA) is 103 Å². The van der Waals surface area contributed by atoms with Crippen molar-refractivity contribution in [2.24, 2.45) is 0 Å². The Kier molecular flexibility index (Phi) is 7.13. The zero-order chi connectivity index (χ0) is 26.8. The number of piperidine rings is 1. The third-order valence-electron chi connectivity index (χ3n) is 7.21. The van der Waals surface area contributed by atoms with Crippen LogP contribution in [0.2, 0.25) is 0 Å². The van der Waals surface area contributed by atoms with Gasteiger partial charge in [0.05, 0.1) is 11.7 Å². The number of likely N-dealkylation sites (tertiary alicyclic amines) is 1. The van der Waals surface area contributed by atoms with Crippen LogP contribution in [-0.2, 0) is 0 Å². The summed E-state index contributed by atoms with van der Waals surface area (Å²) in [4.78, 5) is 25.8. The van der Waals surface area contributed by atoms with E-state index in [-0.39, 0.29) is 17.7 Å². The van der Waals surface area contributed by atoms with Crippen molar-refractivity contribution < 1.29 is 18.3 Å². The van der Waals surface area contributed by atoms with Crippen LogP contribution in [-0.4, -0.2) is 56.6 Å². The number of carbonyl (C=O) groups excluding carboxylic acids is 1. The standard InChI is InChI=1S/C26H28F2N6O2.CHN/c1-16-15-34-23(30-24(16)32-10-4-5-11-32)14-19(31-34)21-8-2-3-12-33(21)25(35)20-13-17-18(29-20)7-6-9-22(17)36-26(27)28;1-2/h6-7,9,13-15,21,26,29H,2-5,8,10-12H2,1H3;1H. The molecule has 0 radical (unpaired) electrons. The molecule has 0 saturated carbocycles. The Balaban J connectivity index is 0.00000144. The number of amides is 1. The number of carbonyl (C=O) groups is 1. The Bertz CT molecular complexity index is 1470. The van der Waals surface area contributed by atoms with E-state index in [1.54, 1.807) is 22.7 Å². The minimum absolute atomic E-state index is 0.0450. The number of nitrogens with zero attached hydrogens (tertiary/aromatic N) is 6. The molecule has 1 amide bonds. The Morgan fingerprint density at radius 1 is 1.16 bits per heavy atom. The first kappa shape index (κ1) is 25.4. The van der Waals surface area contributed by atoms with Crippen molar-refractivity contribution in [1.29, 1.82) is 5.26 Å². The van der Waals surface area contributed by atoms with Gasteiger partial charge in [0.1, 0.15) is 17.3 Å². The lowest BCUT2D eigenvalue weighted by molar-refractivity contribution is -0.0487. The number of aromatic nitrogens is 4. The zero-order valence-electron chi connectivity index (χ0n) is 21.1. The summed E-state index contributed by atoms with van der Waals surface area (Å²) in [5.41, 5.74) is 3.58. The number of nitrogens with one attached hydrogen (secondary N) is 1. The van der Waals surface area contributed by atoms with Gasteiger partial charge in [-0.1, -0.05) is 6.07 Å². The highest BCUT2D eigenvalue weighted by Gasteiger charge is 2.32. The molecule has 198 valence electrons. The van der Waals surface area contributed by atoms with E-state index in [0.29, 0.717) is 23.1 Å². The first-order valence-electron chi connectivity index (χ1n) is 12.7. The second-order valence-electron chi connectivity index (χ2n) is 9.60. The van der Waals surface area contributed by atoms with Gasteiger partial charge in [0, 0.05) is 54.9 Å². The Morgan fingerprint density at radius 3 is 2.68 bits per heavy atom. The van der Waals surface area contributed by atoms with Crippen LogP contribution >= 0.6 is 0 Å². The summed E-state index contributed by atoms with van der Waals surface area (Å²) in [6.45, 7) is 5.25. The molecule has 3 aromatic heterocycles. The minimum atomic E-state index is -2.94. The average molecular weight is 522 g/mol. The van der Waals surface area contributed by atoms with Crippen molar-refractivity contribution in [3.8, 4) is 12.3 Å². The normalized spacial score (nSPS) is 17.7. The smallest absolute Gasteiger partial charge is 0.387 e. The Hall–Kier alpha value is -4.20. The van der Waals surface area contributed by atoms with Crippen LogP contribution in [0.25, 0.3) is 16.6 Å². The maximum absolute atomic E-state index is 13.6. The molecule has 9 nitrogen and oxygen atoms in total. The fourth-order valence-corrected chi connectivity index (χ4v) is 5.51. The molecule has 1 aromatic carbocycles. The lowest BCUT2D eigenvalue weighted by atomic mass is 9.99. The van der Waals surface area contributed by atoms with Gasteiger partial charge in [0.2, 0.25) is 0 Å². The van der Waals surface area contributed by atoms with Crippen LogP contribution in [0.3, 0.4) is 0 Å². The molecule has 1 unspecified atom stereocenters. The quantitative estimate of drug-likeness (QED) is 0.386. The summed E-state index contributed by atoms with van der Waals surface area (Å²) >= 11 is 0. The van der Waals surface area contributed by atoms with Crippen molar-refractivity contribution in [1.82, 2.24) is 24.5 Å². The van der Waals surface area contributed by atoms with Crippen molar-refractivity contribution in [2.75, 3.05) is 24.5 Å². The monoisotopic (exact) mass is 521 g/mol. The molecule has 1 atom stereocenters. The van der Waals surface area contributed by atoms with Crippen LogP contribution in [0.15, 0.2) is 36.5 Å². The van der Waals surface area contributed by atoms with Gasteiger partial charge in [-0.2, -0.15) is 13.9 Å². The number of H-pyrrole nitrogens is 1. The molecule has 4 aromatic rings. The molecule has 2 aliphatic rings. The summed E-state index contributed by atoms with van der Waals surface area (Å²) in [6, 6.07) is 8.23. The van der Waals surface area contributed by atoms with Crippen LogP contribution in [0, 0.1) is 18.8 Å². The van der Waals surface area contributed by atoms with Gasteiger partial charge >= 0.3 is 6.61 Å². The van der Waals surface area contributed by atoms with E-state index in [9.17, 15) is 13.6 Å². The summed E-state index contributed by atoms with van der Waals surface area (Å²) < 4.78 is 32.1. The van der Waals surface area contributed by atoms with E-state index in [4.69, 9.17) is 15.3 Å². The van der Waals surface area contributed by atoms with E-state index in [0.717, 1.165) is 55.1 Å². The highest BCUT2D eigenvalue weighted by Crippen LogP contribution is 2.34. The van der Waals surface area contributed by atoms with E-state index in [1.165, 1.54) is 18.9 Å². The second kappa shape index (κ2) is 10.7. The fraction of sp³-hybridized carbons (Fsp3) is 0.407. The molecule has 6 rings (SSSR count). The molecule has 2 saturated heterocycles. The Morgan fingerprint density at radius 2 is 1.92 bits per heavy atom. The summed E-state index contributed by atoms with van der Waals surface area (Å²) in [5.74, 6) is 0.865. The van der Waals surface area contributed by atoms with Gasteiger partial charge in [-0.25, -0.2) is 14.8 Å². The average Bonchev–Trinajstić information content (AvgIpc) is 3.68. The highest BCUT2D eigenvalue weighted by atomic mass is 19.3. The van der Waals surface area contributed by atoms with Gasteiger partial charge < -0.3 is 19.5 Å². The number of alkyl halides is 2. The van der Waals surface area contributed by atoms with Crippen LogP contribution in [0.4, 0.5) is 14.6 Å². The van der Waals surface area contributed by atoms with Crippen molar-refractivity contribution >= 4 is 28.3 Å². The predicted molar refractivity (Wildman–Crippen MR) is 138 cm³/mol. The molecular weight excluding hydrogens is 492 g/mol. The van der Waals surface area contributed by atoms with Gasteiger partial charge in [-0.05, 0) is 57.2 Å². The molecule has 11 heteroatoms. The first-order valence-corrected chi connectivity index (χ1v) is 12.7. The fourth-order valence-electron chi connectivity index (χ4n) is 5.51. The van der Waals surface area contributed by atoms with E-state index >= 15 is 0 Å². The maximum atomic E-state index is 13.6. The number of ether oxygens (including phenoxy) is 1. The van der Waals surface area contributed by atoms with Gasteiger partial charge in [-0.3, -0.25) is 4.79 Å². The number of halogens is 2. The number of anilines is 1. The number of hydrogen-bond donors (Lipinski definition) is 1. The molecule has 0 bridgehead atoms. The maximum Gasteiger partial charge on any atom is 0.387 e. The van der Waals surface area contributed by atoms with Crippen molar-refractivity contribution in [3.05, 3.63) is 53.5 Å². The van der Waals surface area contributed by atoms with Crippen molar-refractivity contribution in [2.45, 2.75) is 51.7 Å². The molecule has 0 aliphatic carbocycles. The van der Waals surface area contributed by atoms with Crippen LogP contribution < -0.4 is 9.64 Å². The third-order valence-corrected chi connectivity index (χ3v) is 7.21. The van der Waals surface area contributed by atoms with Gasteiger partial charge in [-0.15, -0.1) is 0 Å².